The van der Waals surface area contributed by atoms with E-state index in [1.807, 2.05) is 0 Å². The maximum Gasteiger partial charge on any atom is 0.0811 e. The highest BCUT2D eigenvalue weighted by atomic mass is 16.3. The van der Waals surface area contributed by atoms with Crippen LogP contribution in [0.25, 0.3) is 0 Å². The minimum atomic E-state index is 0.284. The van der Waals surface area contributed by atoms with Crippen LogP contribution in [0.3, 0.4) is 0 Å². The van der Waals surface area contributed by atoms with E-state index in [9.17, 15) is 4.91 Å². The second-order valence-electron chi connectivity index (χ2n) is 2.34. The summed E-state index contributed by atoms with van der Waals surface area (Å²) < 4.78 is 0. The maximum atomic E-state index is 9.60. The molecule has 3 nitrogen and oxygen atoms in total. The van der Waals surface area contributed by atoms with Crippen LogP contribution in [-0.2, 0) is 0 Å². The van der Waals surface area contributed by atoms with Crippen molar-refractivity contribution in [1.82, 2.24) is 0 Å². The predicted octanol–water partition coefficient (Wildman–Crippen LogP) is 1.70. The Hall–Kier alpha value is -0.440. The molecule has 0 aromatic carbocycles. The fourth-order valence-corrected chi connectivity index (χ4v) is 0.818. The molecule has 0 amide bonds. The van der Waals surface area contributed by atoms with Crippen molar-refractivity contribution < 1.29 is 5.11 Å². The SMILES string of the molecule is O=NCCCCCCCO. The van der Waals surface area contributed by atoms with E-state index in [-0.39, 0.29) is 6.61 Å². The summed E-state index contributed by atoms with van der Waals surface area (Å²) in [7, 11) is 0. The number of nitroso groups, excluding NO2 is 1. The molecule has 10 heavy (non-hydrogen) atoms. The van der Waals surface area contributed by atoms with Gasteiger partial charge in [0.25, 0.3) is 0 Å². The Balaban J connectivity index is 2.70. The van der Waals surface area contributed by atoms with Crippen LogP contribution in [0.4, 0.5) is 0 Å². The molecule has 3 heteroatoms. The minimum absolute atomic E-state index is 0.284. The molecule has 0 aromatic rings. The van der Waals surface area contributed by atoms with Crippen molar-refractivity contribution in [3.05, 3.63) is 4.91 Å². The van der Waals surface area contributed by atoms with Crippen molar-refractivity contribution >= 4 is 0 Å². The first-order chi connectivity index (χ1) is 4.91. The number of rotatable bonds is 7. The van der Waals surface area contributed by atoms with Crippen LogP contribution in [0.15, 0.2) is 5.18 Å². The Morgan fingerprint density at radius 3 is 2.20 bits per heavy atom. The van der Waals surface area contributed by atoms with Crippen LogP contribution in [0.2, 0.25) is 0 Å². The summed E-state index contributed by atoms with van der Waals surface area (Å²) in [5.41, 5.74) is 0. The minimum Gasteiger partial charge on any atom is -0.396 e. The quantitative estimate of drug-likeness (QED) is 0.438. The maximum absolute atomic E-state index is 9.60. The first-order valence-corrected chi connectivity index (χ1v) is 3.82. The monoisotopic (exact) mass is 145 g/mol. The van der Waals surface area contributed by atoms with Gasteiger partial charge in [0.2, 0.25) is 0 Å². The summed E-state index contributed by atoms with van der Waals surface area (Å²) in [5.74, 6) is 0. The van der Waals surface area contributed by atoms with E-state index in [4.69, 9.17) is 5.11 Å². The first-order valence-electron chi connectivity index (χ1n) is 3.82. The van der Waals surface area contributed by atoms with E-state index in [0.717, 1.165) is 32.1 Å². The molecule has 1 N–H and O–H groups in total. The van der Waals surface area contributed by atoms with E-state index in [1.165, 1.54) is 0 Å². The summed E-state index contributed by atoms with van der Waals surface area (Å²) in [4.78, 5) is 9.60. The summed E-state index contributed by atoms with van der Waals surface area (Å²) in [5, 5.41) is 11.2. The number of aliphatic hydroxyl groups excluding tert-OH is 1. The molecule has 0 aromatic heterocycles. The van der Waals surface area contributed by atoms with Crippen molar-refractivity contribution in [2.45, 2.75) is 32.1 Å². The fourth-order valence-electron chi connectivity index (χ4n) is 0.818. The topological polar surface area (TPSA) is 49.7 Å². The summed E-state index contributed by atoms with van der Waals surface area (Å²) >= 11 is 0. The van der Waals surface area contributed by atoms with Gasteiger partial charge >= 0.3 is 0 Å². The third-order valence-corrected chi connectivity index (χ3v) is 1.41. The summed E-state index contributed by atoms with van der Waals surface area (Å²) in [6.45, 7) is 0.727. The van der Waals surface area contributed by atoms with Crippen LogP contribution in [0, 0.1) is 4.91 Å². The number of hydrogen-bond acceptors (Lipinski definition) is 3. The number of nitrogens with zero attached hydrogens (tertiary/aromatic N) is 1. The van der Waals surface area contributed by atoms with Gasteiger partial charge in [0.05, 0.1) is 6.54 Å². The van der Waals surface area contributed by atoms with Gasteiger partial charge in [-0.1, -0.05) is 24.4 Å². The molecule has 0 aliphatic heterocycles. The van der Waals surface area contributed by atoms with Gasteiger partial charge in [-0.05, 0) is 12.8 Å². The highest BCUT2D eigenvalue weighted by Gasteiger charge is 1.88. The molecule has 0 bridgehead atoms. The Bertz CT molecular complexity index is 76.0. The van der Waals surface area contributed by atoms with Crippen molar-refractivity contribution in [2.75, 3.05) is 13.2 Å². The van der Waals surface area contributed by atoms with E-state index >= 15 is 0 Å². The third-order valence-electron chi connectivity index (χ3n) is 1.41. The zero-order valence-corrected chi connectivity index (χ0v) is 6.25. The second kappa shape index (κ2) is 8.56. The lowest BCUT2D eigenvalue weighted by molar-refractivity contribution is 0.282. The van der Waals surface area contributed by atoms with Gasteiger partial charge in [0.15, 0.2) is 0 Å². The number of hydrogen-bond donors (Lipinski definition) is 1. The lowest BCUT2D eigenvalue weighted by Gasteiger charge is -1.95. The molecule has 0 heterocycles. The average Bonchev–Trinajstić information content (AvgIpc) is 1.97. The third kappa shape index (κ3) is 7.56. The highest BCUT2D eigenvalue weighted by Crippen LogP contribution is 2.01. The van der Waals surface area contributed by atoms with Gasteiger partial charge in [-0.15, -0.1) is 0 Å². The van der Waals surface area contributed by atoms with Gasteiger partial charge < -0.3 is 5.11 Å². The summed E-state index contributed by atoms with van der Waals surface area (Å²) in [6, 6.07) is 0. The Labute approximate surface area is 61.4 Å². The molecule has 60 valence electrons. The molecule has 0 aliphatic carbocycles. The Morgan fingerprint density at radius 2 is 1.60 bits per heavy atom. The molecule has 0 atom stereocenters. The van der Waals surface area contributed by atoms with Crippen LogP contribution >= 0.6 is 0 Å². The van der Waals surface area contributed by atoms with Crippen molar-refractivity contribution in [3.63, 3.8) is 0 Å². The van der Waals surface area contributed by atoms with Crippen LogP contribution in [0.5, 0.6) is 0 Å². The summed E-state index contributed by atoms with van der Waals surface area (Å²) in [6.07, 6.45) is 5.01. The smallest absolute Gasteiger partial charge is 0.0811 e. The van der Waals surface area contributed by atoms with E-state index in [0.29, 0.717) is 6.54 Å². The number of unbranched alkanes of at least 4 members (excludes halogenated alkanes) is 4. The van der Waals surface area contributed by atoms with E-state index in [2.05, 4.69) is 5.18 Å². The van der Waals surface area contributed by atoms with Crippen molar-refractivity contribution in [2.24, 2.45) is 5.18 Å². The fraction of sp³-hybridized carbons (Fsp3) is 1.00. The Morgan fingerprint density at radius 1 is 1.00 bits per heavy atom. The zero-order chi connectivity index (χ0) is 7.66. The largest absolute Gasteiger partial charge is 0.396 e. The molecule has 0 radical (unpaired) electrons. The average molecular weight is 145 g/mol. The normalized spacial score (nSPS) is 9.70. The molecular weight excluding hydrogens is 130 g/mol. The molecule has 0 fully saturated rings. The molecule has 0 saturated carbocycles. The molecule has 0 saturated heterocycles. The van der Waals surface area contributed by atoms with Gasteiger partial charge in [-0.25, -0.2) is 0 Å². The second-order valence-corrected chi connectivity index (χ2v) is 2.34. The lowest BCUT2D eigenvalue weighted by Crippen LogP contribution is -1.84. The van der Waals surface area contributed by atoms with E-state index < -0.39 is 0 Å². The first kappa shape index (κ1) is 9.56. The zero-order valence-electron chi connectivity index (χ0n) is 6.25. The highest BCUT2D eigenvalue weighted by molar-refractivity contribution is 4.45. The molecule has 0 aliphatic rings. The predicted molar refractivity (Wildman–Crippen MR) is 40.8 cm³/mol. The van der Waals surface area contributed by atoms with Crippen LogP contribution in [0.1, 0.15) is 32.1 Å². The van der Waals surface area contributed by atoms with E-state index in [1.54, 1.807) is 0 Å². The molecule has 0 unspecified atom stereocenters. The van der Waals surface area contributed by atoms with Gasteiger partial charge in [-0.2, -0.15) is 4.91 Å². The molecule has 0 spiro atoms. The lowest BCUT2D eigenvalue weighted by atomic mass is 10.1. The van der Waals surface area contributed by atoms with Crippen LogP contribution in [-0.4, -0.2) is 18.3 Å². The van der Waals surface area contributed by atoms with Crippen molar-refractivity contribution in [1.29, 1.82) is 0 Å². The molecule has 0 rings (SSSR count). The van der Waals surface area contributed by atoms with Gasteiger partial charge in [0, 0.05) is 6.61 Å². The van der Waals surface area contributed by atoms with Crippen molar-refractivity contribution in [3.8, 4) is 0 Å². The Kier molecular flexibility index (Phi) is 8.18. The van der Waals surface area contributed by atoms with Gasteiger partial charge in [0.1, 0.15) is 0 Å². The van der Waals surface area contributed by atoms with Crippen LogP contribution < -0.4 is 0 Å². The molecular formula is C7H15NO2. The van der Waals surface area contributed by atoms with Gasteiger partial charge in [-0.3, -0.25) is 0 Å². The number of aliphatic hydroxyl groups is 1. The standard InChI is InChI=1S/C7H15NO2/c9-7-5-3-1-2-4-6-8-10/h9H,1-7H2.